The molecule has 6 heteroatoms. The van der Waals surface area contributed by atoms with Gasteiger partial charge in [-0.15, -0.1) is 0 Å². The van der Waals surface area contributed by atoms with E-state index in [9.17, 15) is 9.59 Å². The first-order valence-corrected chi connectivity index (χ1v) is 9.27. The number of hydrogen-bond acceptors (Lipinski definition) is 2. The van der Waals surface area contributed by atoms with Crippen LogP contribution in [0.1, 0.15) is 10.5 Å². The monoisotopic (exact) mass is 408 g/mol. The summed E-state index contributed by atoms with van der Waals surface area (Å²) in [4.78, 5) is 25.9. The van der Waals surface area contributed by atoms with Gasteiger partial charge in [-0.25, -0.2) is 0 Å². The molecular formula is C22H14Cl2N2O2. The molecule has 4 rings (SSSR count). The van der Waals surface area contributed by atoms with Gasteiger partial charge in [-0.05, 0) is 35.9 Å². The average Bonchev–Trinajstić information content (AvgIpc) is 3.10. The van der Waals surface area contributed by atoms with E-state index in [2.05, 4.69) is 5.32 Å². The van der Waals surface area contributed by atoms with E-state index < -0.39 is 11.7 Å². The number of aromatic nitrogens is 1. The lowest BCUT2D eigenvalue weighted by Gasteiger charge is -2.10. The van der Waals surface area contributed by atoms with Crippen molar-refractivity contribution in [2.45, 2.75) is 0 Å². The van der Waals surface area contributed by atoms with Crippen molar-refractivity contribution >= 4 is 46.1 Å². The number of benzene rings is 2. The van der Waals surface area contributed by atoms with Crippen LogP contribution < -0.4 is 5.32 Å². The van der Waals surface area contributed by atoms with Gasteiger partial charge in [-0.3, -0.25) is 9.59 Å². The molecule has 4 nitrogen and oxygen atoms in total. The van der Waals surface area contributed by atoms with E-state index in [-0.39, 0.29) is 21.4 Å². The van der Waals surface area contributed by atoms with Gasteiger partial charge in [0.15, 0.2) is 0 Å². The number of ketones is 1. The Morgan fingerprint density at radius 1 is 0.821 bits per heavy atom. The fourth-order valence-corrected chi connectivity index (χ4v) is 3.58. The molecule has 0 spiro atoms. The Balaban J connectivity index is 1.80. The first-order valence-electron chi connectivity index (χ1n) is 8.51. The molecule has 0 aliphatic carbocycles. The van der Waals surface area contributed by atoms with E-state index in [4.69, 9.17) is 23.2 Å². The molecule has 0 bridgehead atoms. The summed E-state index contributed by atoms with van der Waals surface area (Å²) in [6.07, 6.45) is 1.75. The number of halogens is 2. The molecule has 28 heavy (non-hydrogen) atoms. The van der Waals surface area contributed by atoms with Crippen molar-refractivity contribution in [1.82, 2.24) is 4.40 Å². The maximum absolute atomic E-state index is 13.1. The van der Waals surface area contributed by atoms with Crippen molar-refractivity contribution in [3.63, 3.8) is 0 Å². The Hall–Kier alpha value is -3.08. The number of rotatable bonds is 4. The fourth-order valence-electron chi connectivity index (χ4n) is 3.09. The predicted octanol–water partition coefficient (Wildman–Crippen LogP) is 5.73. The third kappa shape index (κ3) is 3.28. The van der Waals surface area contributed by atoms with Crippen LogP contribution in [0.4, 0.5) is 5.69 Å². The second-order valence-corrected chi connectivity index (χ2v) is 6.96. The number of para-hydroxylation sites is 1. The van der Waals surface area contributed by atoms with Crippen LogP contribution in [0.15, 0.2) is 79.0 Å². The number of anilines is 1. The lowest BCUT2D eigenvalue weighted by atomic mass is 10.0. The molecule has 1 N–H and O–H groups in total. The van der Waals surface area contributed by atoms with Crippen molar-refractivity contribution in [2.24, 2.45) is 0 Å². The Labute approximate surface area is 171 Å². The van der Waals surface area contributed by atoms with Gasteiger partial charge >= 0.3 is 0 Å². The SMILES string of the molecule is O=C(Nc1c(Cl)cccc1Cl)C(=O)c1c(-c2ccccc2)cc2ccccn12. The number of pyridine rings is 1. The topological polar surface area (TPSA) is 50.6 Å². The molecule has 2 aromatic heterocycles. The highest BCUT2D eigenvalue weighted by Crippen LogP contribution is 2.31. The summed E-state index contributed by atoms with van der Waals surface area (Å²) in [7, 11) is 0. The van der Waals surface area contributed by atoms with Crippen LogP contribution in [0.3, 0.4) is 0 Å². The number of carbonyl (C=O) groups excluding carboxylic acids is 2. The number of amides is 1. The van der Waals surface area contributed by atoms with Crippen LogP contribution in [0.2, 0.25) is 10.0 Å². The molecule has 0 fully saturated rings. The molecule has 0 aliphatic heterocycles. The molecule has 1 amide bonds. The molecule has 2 heterocycles. The van der Waals surface area contributed by atoms with Crippen molar-refractivity contribution in [3.05, 3.63) is 94.7 Å². The number of nitrogens with zero attached hydrogens (tertiary/aromatic N) is 1. The predicted molar refractivity (Wildman–Crippen MR) is 112 cm³/mol. The van der Waals surface area contributed by atoms with Gasteiger partial charge in [-0.1, -0.05) is 65.7 Å². The van der Waals surface area contributed by atoms with Crippen LogP contribution in [0.25, 0.3) is 16.6 Å². The molecule has 0 saturated carbocycles. The highest BCUT2D eigenvalue weighted by atomic mass is 35.5. The van der Waals surface area contributed by atoms with E-state index in [1.165, 1.54) is 0 Å². The molecule has 0 aliphatic rings. The second kappa shape index (κ2) is 7.50. The maximum atomic E-state index is 13.1. The minimum Gasteiger partial charge on any atom is -0.316 e. The highest BCUT2D eigenvalue weighted by molar-refractivity contribution is 6.49. The molecule has 0 saturated heterocycles. The smallest absolute Gasteiger partial charge is 0.298 e. The first kappa shape index (κ1) is 18.3. The molecule has 0 unspecified atom stereocenters. The minimum atomic E-state index is -0.809. The summed E-state index contributed by atoms with van der Waals surface area (Å²) in [5.41, 5.74) is 2.83. The summed E-state index contributed by atoms with van der Waals surface area (Å²) in [5.74, 6) is -1.49. The van der Waals surface area contributed by atoms with Crippen LogP contribution in [-0.4, -0.2) is 16.1 Å². The van der Waals surface area contributed by atoms with Crippen molar-refractivity contribution in [3.8, 4) is 11.1 Å². The second-order valence-electron chi connectivity index (χ2n) is 6.15. The molecule has 0 atom stereocenters. The number of carbonyl (C=O) groups is 2. The Morgan fingerprint density at radius 2 is 1.50 bits per heavy atom. The van der Waals surface area contributed by atoms with Crippen LogP contribution in [0.5, 0.6) is 0 Å². The summed E-state index contributed by atoms with van der Waals surface area (Å²) in [6.45, 7) is 0. The largest absolute Gasteiger partial charge is 0.316 e. The van der Waals surface area contributed by atoms with Gasteiger partial charge in [0, 0.05) is 17.3 Å². The Morgan fingerprint density at radius 3 is 2.21 bits per heavy atom. The number of nitrogens with one attached hydrogen (secondary N) is 1. The highest BCUT2D eigenvalue weighted by Gasteiger charge is 2.25. The van der Waals surface area contributed by atoms with Crippen LogP contribution >= 0.6 is 23.2 Å². The normalized spacial score (nSPS) is 10.8. The molecule has 2 aromatic carbocycles. The van der Waals surface area contributed by atoms with Gasteiger partial charge in [0.1, 0.15) is 5.69 Å². The maximum Gasteiger partial charge on any atom is 0.298 e. The quantitative estimate of drug-likeness (QED) is 0.346. The van der Waals surface area contributed by atoms with E-state index in [1.54, 1.807) is 34.9 Å². The molecule has 138 valence electrons. The first-order chi connectivity index (χ1) is 13.6. The van der Waals surface area contributed by atoms with Crippen molar-refractivity contribution in [1.29, 1.82) is 0 Å². The van der Waals surface area contributed by atoms with E-state index >= 15 is 0 Å². The lowest BCUT2D eigenvalue weighted by Crippen LogP contribution is -2.25. The van der Waals surface area contributed by atoms with Crippen LogP contribution in [0, 0.1) is 0 Å². The lowest BCUT2D eigenvalue weighted by molar-refractivity contribution is -0.112. The van der Waals surface area contributed by atoms with Gasteiger partial charge in [0.25, 0.3) is 11.7 Å². The van der Waals surface area contributed by atoms with Crippen molar-refractivity contribution < 1.29 is 9.59 Å². The summed E-state index contributed by atoms with van der Waals surface area (Å²) in [6, 6.07) is 21.8. The Bertz CT molecular complexity index is 1180. The minimum absolute atomic E-state index is 0.214. The van der Waals surface area contributed by atoms with Gasteiger partial charge in [-0.2, -0.15) is 0 Å². The number of Topliss-reactive ketones (excluding diaryl/α,β-unsaturated/α-hetero) is 1. The van der Waals surface area contributed by atoms with Gasteiger partial charge in [0.2, 0.25) is 0 Å². The van der Waals surface area contributed by atoms with E-state index in [0.717, 1.165) is 11.1 Å². The number of hydrogen-bond donors (Lipinski definition) is 1. The fraction of sp³-hybridized carbons (Fsp3) is 0. The van der Waals surface area contributed by atoms with Crippen LogP contribution in [-0.2, 0) is 4.79 Å². The summed E-state index contributed by atoms with van der Waals surface area (Å²) in [5, 5.41) is 3.07. The molecular weight excluding hydrogens is 395 g/mol. The zero-order valence-corrected chi connectivity index (χ0v) is 16.0. The third-order valence-corrected chi connectivity index (χ3v) is 5.02. The standard InChI is InChI=1S/C22H14Cl2N2O2/c23-17-10-6-11-18(24)19(17)25-22(28)21(27)20-16(14-7-2-1-3-8-14)13-15-9-4-5-12-26(15)20/h1-13H,(H,25,28). The average molecular weight is 409 g/mol. The van der Waals surface area contributed by atoms with E-state index in [0.29, 0.717) is 5.56 Å². The van der Waals surface area contributed by atoms with Gasteiger partial charge < -0.3 is 9.72 Å². The zero-order valence-electron chi connectivity index (χ0n) is 14.5. The summed E-state index contributed by atoms with van der Waals surface area (Å²) >= 11 is 12.2. The number of fused-ring (bicyclic) bond motifs is 1. The summed E-state index contributed by atoms with van der Waals surface area (Å²) < 4.78 is 1.71. The molecule has 0 radical (unpaired) electrons. The Kier molecular flexibility index (Phi) is 4.90. The zero-order chi connectivity index (χ0) is 19.7. The van der Waals surface area contributed by atoms with Crippen molar-refractivity contribution in [2.75, 3.05) is 5.32 Å². The van der Waals surface area contributed by atoms with Gasteiger partial charge in [0.05, 0.1) is 15.7 Å². The third-order valence-electron chi connectivity index (χ3n) is 4.39. The van der Waals surface area contributed by atoms with E-state index in [1.807, 2.05) is 48.5 Å². The molecule has 4 aromatic rings.